The predicted octanol–water partition coefficient (Wildman–Crippen LogP) is 2.62. The van der Waals surface area contributed by atoms with Gasteiger partial charge < -0.3 is 16.4 Å². The van der Waals surface area contributed by atoms with E-state index in [0.29, 0.717) is 10.6 Å². The van der Waals surface area contributed by atoms with Crippen molar-refractivity contribution in [3.8, 4) is 0 Å². The SMILES string of the molecule is CCCCNc1sc(C(=O)NC)c(N)c1SC. The Labute approximate surface area is 110 Å². The van der Waals surface area contributed by atoms with Gasteiger partial charge in [0.25, 0.3) is 5.91 Å². The van der Waals surface area contributed by atoms with Crippen LogP contribution in [0.5, 0.6) is 0 Å². The van der Waals surface area contributed by atoms with Crippen molar-refractivity contribution < 1.29 is 4.79 Å². The lowest BCUT2D eigenvalue weighted by Crippen LogP contribution is -2.17. The van der Waals surface area contributed by atoms with Crippen LogP contribution in [0, 0.1) is 0 Å². The summed E-state index contributed by atoms with van der Waals surface area (Å²) in [6, 6.07) is 0. The van der Waals surface area contributed by atoms with Crippen molar-refractivity contribution in [2.45, 2.75) is 24.7 Å². The van der Waals surface area contributed by atoms with Crippen LogP contribution in [-0.2, 0) is 0 Å². The summed E-state index contributed by atoms with van der Waals surface area (Å²) in [5.74, 6) is -0.119. The molecule has 0 spiro atoms. The number of thioether (sulfide) groups is 1. The summed E-state index contributed by atoms with van der Waals surface area (Å²) in [5.41, 5.74) is 6.57. The van der Waals surface area contributed by atoms with Crippen molar-refractivity contribution in [2.24, 2.45) is 0 Å². The van der Waals surface area contributed by atoms with Crippen LogP contribution in [-0.4, -0.2) is 25.8 Å². The van der Waals surface area contributed by atoms with E-state index in [-0.39, 0.29) is 5.91 Å². The monoisotopic (exact) mass is 273 g/mol. The van der Waals surface area contributed by atoms with Gasteiger partial charge in [-0.2, -0.15) is 0 Å². The van der Waals surface area contributed by atoms with Crippen molar-refractivity contribution in [3.63, 3.8) is 0 Å². The number of carbonyl (C=O) groups is 1. The Kier molecular flexibility index (Phi) is 5.64. The molecule has 0 aliphatic heterocycles. The fourth-order valence-electron chi connectivity index (χ4n) is 1.41. The summed E-state index contributed by atoms with van der Waals surface area (Å²) in [5, 5.41) is 6.95. The molecule has 0 fully saturated rings. The van der Waals surface area contributed by atoms with Crippen molar-refractivity contribution >= 4 is 39.7 Å². The van der Waals surface area contributed by atoms with Crippen LogP contribution >= 0.6 is 23.1 Å². The molecule has 0 aliphatic rings. The normalized spacial score (nSPS) is 10.3. The van der Waals surface area contributed by atoms with Gasteiger partial charge >= 0.3 is 0 Å². The molecule has 1 amide bonds. The molecule has 1 heterocycles. The molecule has 4 nitrogen and oxygen atoms in total. The molecule has 4 N–H and O–H groups in total. The predicted molar refractivity (Wildman–Crippen MR) is 77.3 cm³/mol. The van der Waals surface area contributed by atoms with E-state index in [1.807, 2.05) is 6.26 Å². The summed E-state index contributed by atoms with van der Waals surface area (Å²) in [6.07, 6.45) is 4.22. The highest BCUT2D eigenvalue weighted by molar-refractivity contribution is 7.99. The first-order valence-electron chi connectivity index (χ1n) is 5.57. The number of nitrogens with one attached hydrogen (secondary N) is 2. The first-order valence-corrected chi connectivity index (χ1v) is 7.62. The minimum Gasteiger partial charge on any atom is -0.396 e. The van der Waals surface area contributed by atoms with Crippen LogP contribution in [0.4, 0.5) is 10.7 Å². The van der Waals surface area contributed by atoms with E-state index in [0.717, 1.165) is 29.3 Å². The molecule has 0 unspecified atom stereocenters. The summed E-state index contributed by atoms with van der Waals surface area (Å²) in [6.45, 7) is 3.06. The number of nitrogens with two attached hydrogens (primary N) is 1. The molecule has 0 bridgehead atoms. The van der Waals surface area contributed by atoms with Crippen molar-refractivity contribution in [1.82, 2.24) is 5.32 Å². The van der Waals surface area contributed by atoms with Crippen molar-refractivity contribution in [3.05, 3.63) is 4.88 Å². The number of rotatable bonds is 6. The maximum Gasteiger partial charge on any atom is 0.263 e. The molecule has 0 saturated heterocycles. The summed E-state index contributed by atoms with van der Waals surface area (Å²) >= 11 is 3.00. The second-order valence-corrected chi connectivity index (χ2v) is 5.40. The van der Waals surface area contributed by atoms with E-state index < -0.39 is 0 Å². The van der Waals surface area contributed by atoms with Gasteiger partial charge in [-0.05, 0) is 12.7 Å². The third-order valence-corrected chi connectivity index (χ3v) is 4.48. The van der Waals surface area contributed by atoms with Crippen molar-refractivity contribution in [2.75, 3.05) is 30.9 Å². The highest BCUT2D eigenvalue weighted by atomic mass is 32.2. The fourth-order valence-corrected chi connectivity index (χ4v) is 3.42. The topological polar surface area (TPSA) is 67.2 Å². The lowest BCUT2D eigenvalue weighted by molar-refractivity contribution is 0.0968. The number of nitrogen functional groups attached to an aromatic ring is 1. The molecule has 0 radical (unpaired) electrons. The van der Waals surface area contributed by atoms with Gasteiger partial charge in [0.2, 0.25) is 0 Å². The van der Waals surface area contributed by atoms with Crippen LogP contribution in [0.15, 0.2) is 4.90 Å². The molecule has 96 valence electrons. The zero-order valence-electron chi connectivity index (χ0n) is 10.4. The van der Waals surface area contributed by atoms with Gasteiger partial charge in [-0.15, -0.1) is 23.1 Å². The first-order chi connectivity index (χ1) is 8.15. The Bertz CT molecular complexity index is 390. The van der Waals surface area contributed by atoms with Gasteiger partial charge in [-0.3, -0.25) is 4.79 Å². The van der Waals surface area contributed by atoms with E-state index in [9.17, 15) is 4.79 Å². The average Bonchev–Trinajstić information content (AvgIpc) is 2.65. The molecular weight excluding hydrogens is 254 g/mol. The summed E-state index contributed by atoms with van der Waals surface area (Å²) < 4.78 is 0. The van der Waals surface area contributed by atoms with E-state index in [2.05, 4.69) is 17.6 Å². The highest BCUT2D eigenvalue weighted by Crippen LogP contribution is 2.41. The lowest BCUT2D eigenvalue weighted by atomic mass is 10.3. The van der Waals surface area contributed by atoms with E-state index >= 15 is 0 Å². The molecule has 1 aromatic heterocycles. The lowest BCUT2D eigenvalue weighted by Gasteiger charge is -2.04. The Morgan fingerprint density at radius 1 is 1.53 bits per heavy atom. The number of amides is 1. The summed E-state index contributed by atoms with van der Waals surface area (Å²) in [4.78, 5) is 13.2. The van der Waals surface area contributed by atoms with Crippen LogP contribution in [0.25, 0.3) is 0 Å². The zero-order valence-corrected chi connectivity index (χ0v) is 12.1. The third-order valence-electron chi connectivity index (χ3n) is 2.35. The number of unbranched alkanes of at least 4 members (excludes halogenated alkanes) is 1. The third kappa shape index (κ3) is 3.29. The maximum atomic E-state index is 11.6. The van der Waals surface area contributed by atoms with Gasteiger partial charge in [0.05, 0.1) is 10.6 Å². The largest absolute Gasteiger partial charge is 0.396 e. The second kappa shape index (κ2) is 6.76. The molecule has 0 aliphatic carbocycles. The van der Waals surface area contributed by atoms with Crippen LogP contribution in [0.2, 0.25) is 0 Å². The quantitative estimate of drug-likeness (QED) is 0.550. The van der Waals surface area contributed by atoms with Gasteiger partial charge in [-0.1, -0.05) is 13.3 Å². The minimum atomic E-state index is -0.119. The number of anilines is 2. The smallest absolute Gasteiger partial charge is 0.263 e. The number of hydrogen-bond donors (Lipinski definition) is 3. The highest BCUT2D eigenvalue weighted by Gasteiger charge is 2.19. The zero-order chi connectivity index (χ0) is 12.8. The standard InChI is InChI=1S/C11H19N3OS2/c1-4-5-6-14-11-9(16-3)7(12)8(17-11)10(15)13-2/h14H,4-6,12H2,1-3H3,(H,13,15). The molecule has 0 atom stereocenters. The van der Waals surface area contributed by atoms with Gasteiger partial charge in [-0.25, -0.2) is 0 Å². The second-order valence-electron chi connectivity index (χ2n) is 3.57. The van der Waals surface area contributed by atoms with Gasteiger partial charge in [0, 0.05) is 13.6 Å². The van der Waals surface area contributed by atoms with Crippen molar-refractivity contribution in [1.29, 1.82) is 0 Å². The molecule has 0 aromatic carbocycles. The van der Waals surface area contributed by atoms with Crippen LogP contribution in [0.1, 0.15) is 29.4 Å². The number of thiophene rings is 1. The minimum absolute atomic E-state index is 0.119. The molecule has 1 rings (SSSR count). The fraction of sp³-hybridized carbons (Fsp3) is 0.545. The average molecular weight is 273 g/mol. The molecule has 0 saturated carbocycles. The van der Waals surface area contributed by atoms with Crippen LogP contribution < -0.4 is 16.4 Å². The Balaban J connectivity index is 2.92. The molecule has 17 heavy (non-hydrogen) atoms. The van der Waals surface area contributed by atoms with Gasteiger partial charge in [0.1, 0.15) is 9.88 Å². The summed E-state index contributed by atoms with van der Waals surface area (Å²) in [7, 11) is 1.62. The van der Waals surface area contributed by atoms with Crippen LogP contribution in [0.3, 0.4) is 0 Å². The molecule has 6 heteroatoms. The van der Waals surface area contributed by atoms with E-state index in [1.165, 1.54) is 11.3 Å². The number of hydrogen-bond acceptors (Lipinski definition) is 5. The number of carbonyl (C=O) groups excluding carboxylic acids is 1. The maximum absolute atomic E-state index is 11.6. The molecular formula is C11H19N3OS2. The Morgan fingerprint density at radius 2 is 2.24 bits per heavy atom. The Hall–Kier alpha value is -0.880. The van der Waals surface area contributed by atoms with E-state index in [4.69, 9.17) is 5.73 Å². The van der Waals surface area contributed by atoms with E-state index in [1.54, 1.807) is 18.8 Å². The van der Waals surface area contributed by atoms with Gasteiger partial charge in [0.15, 0.2) is 0 Å². The Morgan fingerprint density at radius 3 is 2.76 bits per heavy atom. The molecule has 1 aromatic rings. The first kappa shape index (κ1) is 14.2.